The molecule has 0 spiro atoms. The highest BCUT2D eigenvalue weighted by Crippen LogP contribution is 2.07. The minimum atomic E-state index is 0.0743. The molecular weight excluding hydrogens is 242 g/mol. The number of piperazine rings is 1. The van der Waals surface area contributed by atoms with Gasteiger partial charge < -0.3 is 10.2 Å². The van der Waals surface area contributed by atoms with Gasteiger partial charge in [0.2, 0.25) is 11.8 Å². The largest absolute Gasteiger partial charge is 0.355 e. The van der Waals surface area contributed by atoms with Crippen LogP contribution in [0.25, 0.3) is 0 Å². The quantitative estimate of drug-likeness (QED) is 0.697. The zero-order valence-corrected chi connectivity index (χ0v) is 12.3. The average molecular weight is 269 g/mol. The van der Waals surface area contributed by atoms with Crippen LogP contribution in [0.4, 0.5) is 0 Å². The van der Waals surface area contributed by atoms with Gasteiger partial charge in [-0.3, -0.25) is 14.5 Å². The molecule has 5 heteroatoms. The van der Waals surface area contributed by atoms with E-state index < -0.39 is 0 Å². The first-order valence-corrected chi connectivity index (χ1v) is 7.44. The van der Waals surface area contributed by atoms with Crippen LogP contribution in [-0.2, 0) is 9.59 Å². The summed E-state index contributed by atoms with van der Waals surface area (Å²) in [5, 5.41) is 2.80. The standard InChI is InChI=1S/C14H27N3O2/c1-3-5-6-7-14(19)17-10-8-16(9-11-17)12-13(18)15-4-2/h3-12H2,1-2H3,(H,15,18). The van der Waals surface area contributed by atoms with Gasteiger partial charge in [-0.25, -0.2) is 0 Å². The third kappa shape index (κ3) is 6.05. The Hall–Kier alpha value is -1.10. The molecule has 0 unspecified atom stereocenters. The van der Waals surface area contributed by atoms with E-state index >= 15 is 0 Å². The Labute approximate surface area is 116 Å². The molecule has 110 valence electrons. The molecule has 0 saturated carbocycles. The van der Waals surface area contributed by atoms with Gasteiger partial charge in [0.1, 0.15) is 0 Å². The van der Waals surface area contributed by atoms with Crippen LogP contribution in [0.3, 0.4) is 0 Å². The van der Waals surface area contributed by atoms with E-state index in [9.17, 15) is 9.59 Å². The fourth-order valence-electron chi connectivity index (χ4n) is 2.30. The Bertz CT molecular complexity index is 286. The van der Waals surface area contributed by atoms with E-state index in [0.717, 1.165) is 45.4 Å². The van der Waals surface area contributed by atoms with Gasteiger partial charge >= 0.3 is 0 Å². The van der Waals surface area contributed by atoms with Gasteiger partial charge in [0.05, 0.1) is 6.54 Å². The second-order valence-electron chi connectivity index (χ2n) is 5.07. The molecule has 0 atom stereocenters. The lowest BCUT2D eigenvalue weighted by molar-refractivity contribution is -0.133. The van der Waals surface area contributed by atoms with Gasteiger partial charge in [0.25, 0.3) is 0 Å². The van der Waals surface area contributed by atoms with Crippen molar-refractivity contribution in [2.24, 2.45) is 0 Å². The molecule has 5 nitrogen and oxygen atoms in total. The predicted octanol–water partition coefficient (Wildman–Crippen LogP) is 0.847. The Kier molecular flexibility index (Phi) is 7.48. The lowest BCUT2D eigenvalue weighted by Gasteiger charge is -2.34. The van der Waals surface area contributed by atoms with Gasteiger partial charge in [-0.2, -0.15) is 0 Å². The minimum Gasteiger partial charge on any atom is -0.355 e. The van der Waals surface area contributed by atoms with E-state index in [1.165, 1.54) is 0 Å². The number of unbranched alkanes of at least 4 members (excludes halogenated alkanes) is 2. The first-order valence-electron chi connectivity index (χ1n) is 7.44. The minimum absolute atomic E-state index is 0.0743. The van der Waals surface area contributed by atoms with E-state index in [2.05, 4.69) is 17.1 Å². The number of carbonyl (C=O) groups excluding carboxylic acids is 2. The third-order valence-electron chi connectivity index (χ3n) is 3.46. The fourth-order valence-corrected chi connectivity index (χ4v) is 2.30. The smallest absolute Gasteiger partial charge is 0.234 e. The van der Waals surface area contributed by atoms with Crippen molar-refractivity contribution in [2.75, 3.05) is 39.3 Å². The highest BCUT2D eigenvalue weighted by atomic mass is 16.2. The monoisotopic (exact) mass is 269 g/mol. The number of carbonyl (C=O) groups is 2. The van der Waals surface area contributed by atoms with E-state index in [4.69, 9.17) is 0 Å². The van der Waals surface area contributed by atoms with Gasteiger partial charge in [-0.15, -0.1) is 0 Å². The number of amides is 2. The highest BCUT2D eigenvalue weighted by molar-refractivity contribution is 5.78. The molecule has 0 aromatic heterocycles. The summed E-state index contributed by atoms with van der Waals surface area (Å²) in [6, 6.07) is 0. The summed E-state index contributed by atoms with van der Waals surface area (Å²) in [6.07, 6.45) is 3.94. The first-order chi connectivity index (χ1) is 9.17. The summed E-state index contributed by atoms with van der Waals surface area (Å²) in [4.78, 5) is 27.4. The Morgan fingerprint density at radius 3 is 2.32 bits per heavy atom. The Morgan fingerprint density at radius 1 is 1.05 bits per heavy atom. The van der Waals surface area contributed by atoms with Crippen LogP contribution in [0.1, 0.15) is 39.5 Å². The number of nitrogens with one attached hydrogen (secondary N) is 1. The van der Waals surface area contributed by atoms with Crippen molar-refractivity contribution in [3.63, 3.8) is 0 Å². The maximum atomic E-state index is 11.9. The molecule has 19 heavy (non-hydrogen) atoms. The van der Waals surface area contributed by atoms with Crippen LogP contribution in [-0.4, -0.2) is 60.9 Å². The fraction of sp³-hybridized carbons (Fsp3) is 0.857. The molecule has 0 bridgehead atoms. The van der Waals surface area contributed by atoms with Crippen molar-refractivity contribution in [1.82, 2.24) is 15.1 Å². The average Bonchev–Trinajstić information content (AvgIpc) is 2.40. The van der Waals surface area contributed by atoms with Crippen molar-refractivity contribution in [3.05, 3.63) is 0 Å². The van der Waals surface area contributed by atoms with Gasteiger partial charge in [-0.1, -0.05) is 19.8 Å². The molecule has 1 fully saturated rings. The molecule has 2 amide bonds. The maximum absolute atomic E-state index is 11.9. The lowest BCUT2D eigenvalue weighted by Crippen LogP contribution is -2.51. The molecule has 0 aromatic rings. The maximum Gasteiger partial charge on any atom is 0.234 e. The molecular formula is C14H27N3O2. The van der Waals surface area contributed by atoms with E-state index in [1.807, 2.05) is 11.8 Å². The molecule has 0 aliphatic carbocycles. The highest BCUT2D eigenvalue weighted by Gasteiger charge is 2.21. The zero-order valence-electron chi connectivity index (χ0n) is 12.3. The van der Waals surface area contributed by atoms with Crippen molar-refractivity contribution in [1.29, 1.82) is 0 Å². The van der Waals surface area contributed by atoms with Gasteiger partial charge in [0, 0.05) is 39.1 Å². The molecule has 0 radical (unpaired) electrons. The van der Waals surface area contributed by atoms with Crippen molar-refractivity contribution >= 4 is 11.8 Å². The van der Waals surface area contributed by atoms with Gasteiger partial charge in [0.15, 0.2) is 0 Å². The second-order valence-corrected chi connectivity index (χ2v) is 5.07. The molecule has 1 aliphatic heterocycles. The number of rotatable bonds is 7. The molecule has 1 heterocycles. The van der Waals surface area contributed by atoms with Crippen molar-refractivity contribution in [3.8, 4) is 0 Å². The number of hydrogen-bond donors (Lipinski definition) is 1. The van der Waals surface area contributed by atoms with Crippen LogP contribution in [0.2, 0.25) is 0 Å². The van der Waals surface area contributed by atoms with Crippen LogP contribution in [0.15, 0.2) is 0 Å². The molecule has 1 saturated heterocycles. The van der Waals surface area contributed by atoms with Crippen LogP contribution in [0.5, 0.6) is 0 Å². The summed E-state index contributed by atoms with van der Waals surface area (Å²) in [5.74, 6) is 0.344. The van der Waals surface area contributed by atoms with Gasteiger partial charge in [-0.05, 0) is 13.3 Å². The SMILES string of the molecule is CCCCCC(=O)N1CCN(CC(=O)NCC)CC1. The van der Waals surface area contributed by atoms with E-state index in [1.54, 1.807) is 0 Å². The summed E-state index contributed by atoms with van der Waals surface area (Å²) >= 11 is 0. The molecule has 1 N–H and O–H groups in total. The Balaban J connectivity index is 2.21. The molecule has 1 aliphatic rings. The molecule has 1 rings (SSSR count). The predicted molar refractivity (Wildman–Crippen MR) is 75.8 cm³/mol. The summed E-state index contributed by atoms with van der Waals surface area (Å²) in [5.41, 5.74) is 0. The second kappa shape index (κ2) is 8.91. The summed E-state index contributed by atoms with van der Waals surface area (Å²) < 4.78 is 0. The van der Waals surface area contributed by atoms with Crippen molar-refractivity contribution < 1.29 is 9.59 Å². The lowest BCUT2D eigenvalue weighted by atomic mass is 10.2. The topological polar surface area (TPSA) is 52.7 Å². The summed E-state index contributed by atoms with van der Waals surface area (Å²) in [7, 11) is 0. The zero-order chi connectivity index (χ0) is 14.1. The Morgan fingerprint density at radius 2 is 1.74 bits per heavy atom. The third-order valence-corrected chi connectivity index (χ3v) is 3.46. The van der Waals surface area contributed by atoms with Crippen LogP contribution >= 0.6 is 0 Å². The van der Waals surface area contributed by atoms with Crippen LogP contribution < -0.4 is 5.32 Å². The number of nitrogens with zero attached hydrogens (tertiary/aromatic N) is 2. The molecule has 0 aromatic carbocycles. The first kappa shape index (κ1) is 16.0. The number of hydrogen-bond acceptors (Lipinski definition) is 3. The summed E-state index contributed by atoms with van der Waals surface area (Å²) in [6.45, 7) is 8.30. The van der Waals surface area contributed by atoms with Crippen molar-refractivity contribution in [2.45, 2.75) is 39.5 Å². The normalized spacial score (nSPS) is 16.4. The van der Waals surface area contributed by atoms with E-state index in [0.29, 0.717) is 19.5 Å². The van der Waals surface area contributed by atoms with E-state index in [-0.39, 0.29) is 11.8 Å². The number of likely N-dealkylation sites (N-methyl/N-ethyl adjacent to an activating group) is 1. The van der Waals surface area contributed by atoms with Crippen LogP contribution in [0, 0.1) is 0 Å².